The van der Waals surface area contributed by atoms with Gasteiger partial charge in [0.25, 0.3) is 0 Å². The Morgan fingerprint density at radius 2 is 1.78 bits per heavy atom. The SMILES string of the molecule is C=C1C[C@H](c2ccc(Cl)c(Oc3c(C)cncc3C)c2)CN1c1ccc(S(N)(=O)=O)cc1. The van der Waals surface area contributed by atoms with Crippen LogP contribution in [0.3, 0.4) is 0 Å². The monoisotopic (exact) mass is 469 g/mol. The number of nitrogens with zero attached hydrogens (tertiary/aromatic N) is 2. The number of halogens is 1. The number of hydrogen-bond acceptors (Lipinski definition) is 5. The van der Waals surface area contributed by atoms with Crippen LogP contribution in [0.2, 0.25) is 5.02 Å². The van der Waals surface area contributed by atoms with Crippen molar-refractivity contribution in [1.29, 1.82) is 0 Å². The fourth-order valence-corrected chi connectivity index (χ4v) is 4.62. The van der Waals surface area contributed by atoms with Gasteiger partial charge in [-0.2, -0.15) is 0 Å². The zero-order valence-corrected chi connectivity index (χ0v) is 19.4. The lowest BCUT2D eigenvalue weighted by molar-refractivity contribution is 0.473. The molecule has 2 heterocycles. The topological polar surface area (TPSA) is 85.5 Å². The van der Waals surface area contributed by atoms with E-state index in [1.165, 1.54) is 12.1 Å². The molecule has 6 nitrogen and oxygen atoms in total. The number of aryl methyl sites for hydroxylation is 2. The van der Waals surface area contributed by atoms with E-state index in [0.717, 1.165) is 40.2 Å². The predicted octanol–water partition coefficient (Wildman–Crippen LogP) is 5.30. The minimum absolute atomic E-state index is 0.0869. The molecule has 3 aromatic rings. The third-order valence-electron chi connectivity index (χ3n) is 5.63. The van der Waals surface area contributed by atoms with Crippen LogP contribution in [0.5, 0.6) is 11.5 Å². The summed E-state index contributed by atoms with van der Waals surface area (Å²) in [5.74, 6) is 1.55. The van der Waals surface area contributed by atoms with Gasteiger partial charge < -0.3 is 9.64 Å². The largest absolute Gasteiger partial charge is 0.455 e. The number of hydrogen-bond donors (Lipinski definition) is 1. The smallest absolute Gasteiger partial charge is 0.238 e. The summed E-state index contributed by atoms with van der Waals surface area (Å²) in [6.45, 7) is 8.82. The maximum Gasteiger partial charge on any atom is 0.238 e. The van der Waals surface area contributed by atoms with Crippen LogP contribution >= 0.6 is 11.6 Å². The summed E-state index contributed by atoms with van der Waals surface area (Å²) in [5.41, 5.74) is 4.80. The van der Waals surface area contributed by atoms with Crippen LogP contribution in [-0.4, -0.2) is 19.9 Å². The molecule has 0 radical (unpaired) electrons. The average molecular weight is 470 g/mol. The van der Waals surface area contributed by atoms with Gasteiger partial charge in [-0.3, -0.25) is 4.98 Å². The van der Waals surface area contributed by atoms with Crippen LogP contribution in [-0.2, 0) is 10.0 Å². The Labute approximate surface area is 193 Å². The Kier molecular flexibility index (Phi) is 5.99. The molecule has 0 spiro atoms. The predicted molar refractivity (Wildman–Crippen MR) is 127 cm³/mol. The van der Waals surface area contributed by atoms with E-state index in [2.05, 4.69) is 16.5 Å². The maximum atomic E-state index is 11.5. The number of primary sulfonamides is 1. The highest BCUT2D eigenvalue weighted by atomic mass is 35.5. The van der Waals surface area contributed by atoms with Gasteiger partial charge in [0.05, 0.1) is 9.92 Å². The normalized spacial score (nSPS) is 16.4. The van der Waals surface area contributed by atoms with E-state index in [1.54, 1.807) is 24.5 Å². The molecule has 32 heavy (non-hydrogen) atoms. The zero-order valence-electron chi connectivity index (χ0n) is 17.9. The van der Waals surface area contributed by atoms with Crippen molar-refractivity contribution in [3.05, 3.63) is 88.8 Å². The fourth-order valence-electron chi connectivity index (χ4n) is 3.95. The van der Waals surface area contributed by atoms with Crippen LogP contribution in [0.25, 0.3) is 0 Å². The molecule has 2 N–H and O–H groups in total. The van der Waals surface area contributed by atoms with Crippen molar-refractivity contribution in [2.45, 2.75) is 31.1 Å². The molecule has 8 heteroatoms. The molecule has 1 atom stereocenters. The minimum Gasteiger partial charge on any atom is -0.455 e. The highest BCUT2D eigenvalue weighted by Crippen LogP contribution is 2.40. The van der Waals surface area contributed by atoms with Gasteiger partial charge in [0.15, 0.2) is 0 Å². The Morgan fingerprint density at radius 3 is 2.41 bits per heavy atom. The molecule has 1 saturated heterocycles. The van der Waals surface area contributed by atoms with Gasteiger partial charge in [-0.15, -0.1) is 0 Å². The van der Waals surface area contributed by atoms with Gasteiger partial charge >= 0.3 is 0 Å². The lowest BCUT2D eigenvalue weighted by Crippen LogP contribution is -2.18. The second-order valence-electron chi connectivity index (χ2n) is 8.01. The third kappa shape index (κ3) is 4.50. The van der Waals surface area contributed by atoms with Crippen LogP contribution in [0.1, 0.15) is 29.0 Å². The molecule has 1 aromatic heterocycles. The quantitative estimate of drug-likeness (QED) is 0.548. The second-order valence-corrected chi connectivity index (χ2v) is 9.98. The summed E-state index contributed by atoms with van der Waals surface area (Å²) in [7, 11) is -3.72. The van der Waals surface area contributed by atoms with Crippen LogP contribution in [0.4, 0.5) is 5.69 Å². The van der Waals surface area contributed by atoms with Crippen molar-refractivity contribution < 1.29 is 13.2 Å². The number of allylic oxidation sites excluding steroid dienone is 1. The summed E-state index contributed by atoms with van der Waals surface area (Å²) >= 11 is 6.43. The van der Waals surface area contributed by atoms with Gasteiger partial charge in [0.2, 0.25) is 10.0 Å². The van der Waals surface area contributed by atoms with E-state index < -0.39 is 10.0 Å². The zero-order chi connectivity index (χ0) is 23.0. The van der Waals surface area contributed by atoms with E-state index >= 15 is 0 Å². The van der Waals surface area contributed by atoms with Crippen molar-refractivity contribution >= 4 is 27.3 Å². The van der Waals surface area contributed by atoms with Crippen LogP contribution < -0.4 is 14.8 Å². The van der Waals surface area contributed by atoms with Gasteiger partial charge in [0, 0.05) is 47.4 Å². The number of sulfonamides is 1. The van der Waals surface area contributed by atoms with Gasteiger partial charge in [-0.1, -0.05) is 24.2 Å². The summed E-state index contributed by atoms with van der Waals surface area (Å²) in [6, 6.07) is 12.4. The van der Waals surface area contributed by atoms with Gasteiger partial charge in [0.1, 0.15) is 11.5 Å². The van der Waals surface area contributed by atoms with E-state index in [9.17, 15) is 8.42 Å². The summed E-state index contributed by atoms with van der Waals surface area (Å²) in [5, 5.41) is 5.74. The highest BCUT2D eigenvalue weighted by molar-refractivity contribution is 7.89. The van der Waals surface area contributed by atoms with Crippen LogP contribution in [0.15, 0.2) is 72.0 Å². The number of pyridine rings is 1. The maximum absolute atomic E-state index is 11.5. The van der Waals surface area contributed by atoms with Crippen molar-refractivity contribution in [2.75, 3.05) is 11.4 Å². The van der Waals surface area contributed by atoms with Gasteiger partial charge in [-0.05, 0) is 62.2 Å². The first-order valence-corrected chi connectivity index (χ1v) is 12.0. The molecular formula is C24H24ClN3O3S. The molecule has 1 aliphatic heterocycles. The molecule has 0 aliphatic carbocycles. The number of aromatic nitrogens is 1. The molecule has 0 amide bonds. The molecule has 1 fully saturated rings. The molecular weight excluding hydrogens is 446 g/mol. The summed E-state index contributed by atoms with van der Waals surface area (Å²) < 4.78 is 29.2. The highest BCUT2D eigenvalue weighted by Gasteiger charge is 2.28. The average Bonchev–Trinajstić information content (AvgIpc) is 3.13. The number of ether oxygens (including phenoxy) is 1. The lowest BCUT2D eigenvalue weighted by atomic mass is 9.97. The fraction of sp³-hybridized carbons (Fsp3) is 0.208. The van der Waals surface area contributed by atoms with E-state index in [-0.39, 0.29) is 10.8 Å². The van der Waals surface area contributed by atoms with Crippen molar-refractivity contribution in [3.63, 3.8) is 0 Å². The van der Waals surface area contributed by atoms with E-state index in [4.69, 9.17) is 21.5 Å². The molecule has 1 aliphatic rings. The first kappa shape index (κ1) is 22.3. The Bertz CT molecular complexity index is 1270. The number of benzene rings is 2. The standard InChI is InChI=1S/C24H24ClN3O3S/c1-15-12-27-13-16(2)24(15)31-23-11-18(4-9-22(23)25)19-10-17(3)28(14-19)20-5-7-21(8-6-20)32(26,29)30/h4-9,11-13,19H,3,10,14H2,1-2H3,(H2,26,29,30)/t19-/m0/s1. The molecule has 166 valence electrons. The van der Waals surface area contributed by atoms with Gasteiger partial charge in [-0.25, -0.2) is 13.6 Å². The minimum atomic E-state index is -3.72. The molecule has 0 bridgehead atoms. The third-order valence-corrected chi connectivity index (χ3v) is 6.88. The summed E-state index contributed by atoms with van der Waals surface area (Å²) in [4.78, 5) is 6.36. The first-order chi connectivity index (χ1) is 15.1. The Hall–Kier alpha value is -2.87. The first-order valence-electron chi connectivity index (χ1n) is 10.1. The van der Waals surface area contributed by atoms with E-state index in [1.807, 2.05) is 32.0 Å². The Balaban J connectivity index is 1.57. The van der Waals surface area contributed by atoms with Crippen LogP contribution in [0, 0.1) is 13.8 Å². The van der Waals surface area contributed by atoms with Crippen molar-refractivity contribution in [2.24, 2.45) is 5.14 Å². The number of nitrogens with two attached hydrogens (primary N) is 1. The lowest BCUT2D eigenvalue weighted by Gasteiger charge is -2.20. The Morgan fingerprint density at radius 1 is 1.12 bits per heavy atom. The van der Waals surface area contributed by atoms with Crippen molar-refractivity contribution in [3.8, 4) is 11.5 Å². The molecule has 0 unspecified atom stereocenters. The van der Waals surface area contributed by atoms with Crippen molar-refractivity contribution in [1.82, 2.24) is 4.98 Å². The number of anilines is 1. The van der Waals surface area contributed by atoms with E-state index in [0.29, 0.717) is 17.3 Å². The number of rotatable bonds is 5. The molecule has 2 aromatic carbocycles. The second kappa shape index (κ2) is 8.58. The molecule has 4 rings (SSSR count). The molecule has 0 saturated carbocycles. The summed E-state index contributed by atoms with van der Waals surface area (Å²) in [6.07, 6.45) is 4.30.